The van der Waals surface area contributed by atoms with Crippen LogP contribution in [0.2, 0.25) is 0 Å². The molecule has 25 heavy (non-hydrogen) atoms. The lowest BCUT2D eigenvalue weighted by molar-refractivity contribution is 0.0599. The Hall–Kier alpha value is -2.95. The van der Waals surface area contributed by atoms with E-state index in [0.717, 1.165) is 46.9 Å². The number of carbonyl (C=O) groups excluding carboxylic acids is 1. The molecule has 1 saturated heterocycles. The summed E-state index contributed by atoms with van der Waals surface area (Å²) in [6.07, 6.45) is 1.80. The summed E-state index contributed by atoms with van der Waals surface area (Å²) in [6.45, 7) is 5.42. The summed E-state index contributed by atoms with van der Waals surface area (Å²) >= 11 is 0. The minimum Gasteiger partial charge on any atom is -0.337 e. The van der Waals surface area contributed by atoms with E-state index >= 15 is 0 Å². The van der Waals surface area contributed by atoms with Crippen molar-refractivity contribution in [3.8, 4) is 11.1 Å². The molecule has 0 radical (unpaired) electrons. The lowest BCUT2D eigenvalue weighted by atomic mass is 9.94. The van der Waals surface area contributed by atoms with Gasteiger partial charge in [0.2, 0.25) is 0 Å². The number of aromatic amines is 1. The number of hydrogen-bond donors (Lipinski definition) is 1. The Morgan fingerprint density at radius 1 is 1.16 bits per heavy atom. The highest BCUT2D eigenvalue weighted by molar-refractivity contribution is 5.96. The minimum atomic E-state index is 0.0767. The molecular formula is C20H20N4O. The van der Waals surface area contributed by atoms with Gasteiger partial charge in [0.25, 0.3) is 5.91 Å². The molecule has 1 N–H and O–H groups in total. The third kappa shape index (κ3) is 2.82. The van der Waals surface area contributed by atoms with E-state index in [2.05, 4.69) is 15.2 Å². The highest BCUT2D eigenvalue weighted by Crippen LogP contribution is 2.29. The van der Waals surface area contributed by atoms with E-state index in [4.69, 9.17) is 0 Å². The molecule has 0 unspecified atom stereocenters. The van der Waals surface area contributed by atoms with Gasteiger partial charge in [-0.2, -0.15) is 5.10 Å². The highest BCUT2D eigenvalue weighted by Gasteiger charge is 2.33. The summed E-state index contributed by atoms with van der Waals surface area (Å²) in [4.78, 5) is 19.0. The van der Waals surface area contributed by atoms with E-state index in [0.29, 0.717) is 5.92 Å². The van der Waals surface area contributed by atoms with Crippen molar-refractivity contribution in [1.82, 2.24) is 20.1 Å². The molecule has 0 aliphatic carbocycles. The van der Waals surface area contributed by atoms with Gasteiger partial charge in [0.05, 0.1) is 5.69 Å². The highest BCUT2D eigenvalue weighted by atomic mass is 16.2. The third-order valence-electron chi connectivity index (χ3n) is 4.80. The maximum absolute atomic E-state index is 12.8. The van der Waals surface area contributed by atoms with E-state index < -0.39 is 0 Å². The molecule has 1 aromatic carbocycles. The van der Waals surface area contributed by atoms with E-state index in [1.54, 1.807) is 6.20 Å². The molecule has 0 saturated carbocycles. The zero-order valence-electron chi connectivity index (χ0n) is 14.4. The fourth-order valence-electron chi connectivity index (χ4n) is 3.42. The Bertz CT molecular complexity index is 891. The van der Waals surface area contributed by atoms with Gasteiger partial charge in [0, 0.05) is 47.7 Å². The van der Waals surface area contributed by atoms with Gasteiger partial charge in [0.15, 0.2) is 0 Å². The molecule has 5 heteroatoms. The maximum Gasteiger partial charge on any atom is 0.253 e. The van der Waals surface area contributed by atoms with Gasteiger partial charge in [-0.3, -0.25) is 14.9 Å². The van der Waals surface area contributed by atoms with E-state index in [1.165, 1.54) is 0 Å². The van der Waals surface area contributed by atoms with Crippen LogP contribution in [-0.4, -0.2) is 39.1 Å². The lowest BCUT2D eigenvalue weighted by Crippen LogP contribution is -2.48. The van der Waals surface area contributed by atoms with E-state index in [-0.39, 0.29) is 5.91 Å². The number of amides is 1. The standard InChI is InChI=1S/C20H20N4O/c1-13-19(14(2)23-22-13)15-6-5-7-16(10-15)20(25)24-11-17(12-24)18-8-3-4-9-21-18/h3-10,17H,11-12H2,1-2H3,(H,22,23). The summed E-state index contributed by atoms with van der Waals surface area (Å²) in [6, 6.07) is 13.7. The van der Waals surface area contributed by atoms with Gasteiger partial charge in [0.1, 0.15) is 0 Å². The van der Waals surface area contributed by atoms with Crippen LogP contribution in [0, 0.1) is 13.8 Å². The van der Waals surface area contributed by atoms with Crippen LogP contribution in [-0.2, 0) is 0 Å². The van der Waals surface area contributed by atoms with Crippen LogP contribution in [0.5, 0.6) is 0 Å². The first-order valence-corrected chi connectivity index (χ1v) is 8.45. The number of benzene rings is 1. The number of nitrogens with zero attached hydrogens (tertiary/aromatic N) is 3. The average molecular weight is 332 g/mol. The molecule has 4 rings (SSSR count). The average Bonchev–Trinajstić information content (AvgIpc) is 2.93. The molecule has 0 bridgehead atoms. The number of H-pyrrole nitrogens is 1. The predicted molar refractivity (Wildman–Crippen MR) is 96.4 cm³/mol. The Balaban J connectivity index is 1.52. The summed E-state index contributed by atoms with van der Waals surface area (Å²) in [5, 5.41) is 7.25. The van der Waals surface area contributed by atoms with Crippen molar-refractivity contribution in [3.63, 3.8) is 0 Å². The van der Waals surface area contributed by atoms with Crippen LogP contribution in [0.4, 0.5) is 0 Å². The quantitative estimate of drug-likeness (QED) is 0.800. The van der Waals surface area contributed by atoms with Crippen molar-refractivity contribution >= 4 is 5.91 Å². The number of likely N-dealkylation sites (tertiary alicyclic amines) is 1. The van der Waals surface area contributed by atoms with Gasteiger partial charge in [-0.05, 0) is 43.7 Å². The summed E-state index contributed by atoms with van der Waals surface area (Å²) in [5.41, 5.74) is 5.84. The molecule has 1 aliphatic heterocycles. The molecule has 3 aromatic rings. The minimum absolute atomic E-state index is 0.0767. The van der Waals surface area contributed by atoms with Crippen molar-refractivity contribution in [2.24, 2.45) is 0 Å². The summed E-state index contributed by atoms with van der Waals surface area (Å²) in [7, 11) is 0. The van der Waals surface area contributed by atoms with Gasteiger partial charge >= 0.3 is 0 Å². The van der Waals surface area contributed by atoms with Crippen molar-refractivity contribution in [3.05, 3.63) is 71.3 Å². The molecule has 5 nitrogen and oxygen atoms in total. The summed E-state index contributed by atoms with van der Waals surface area (Å²) in [5.74, 6) is 0.416. The van der Waals surface area contributed by atoms with Crippen LogP contribution in [0.25, 0.3) is 11.1 Å². The van der Waals surface area contributed by atoms with Gasteiger partial charge in [-0.15, -0.1) is 0 Å². The zero-order chi connectivity index (χ0) is 17.4. The van der Waals surface area contributed by atoms with Crippen molar-refractivity contribution in [2.45, 2.75) is 19.8 Å². The number of aromatic nitrogens is 3. The van der Waals surface area contributed by atoms with Crippen molar-refractivity contribution in [1.29, 1.82) is 0 Å². The number of hydrogen-bond acceptors (Lipinski definition) is 3. The second kappa shape index (κ2) is 6.16. The Morgan fingerprint density at radius 2 is 2.00 bits per heavy atom. The monoisotopic (exact) mass is 332 g/mol. The fourth-order valence-corrected chi connectivity index (χ4v) is 3.42. The Labute approximate surface area is 146 Å². The van der Waals surface area contributed by atoms with Gasteiger partial charge < -0.3 is 4.90 Å². The molecule has 1 aliphatic rings. The lowest BCUT2D eigenvalue weighted by Gasteiger charge is -2.39. The smallest absolute Gasteiger partial charge is 0.253 e. The second-order valence-electron chi connectivity index (χ2n) is 6.55. The molecule has 1 amide bonds. The number of nitrogens with one attached hydrogen (secondary N) is 1. The third-order valence-corrected chi connectivity index (χ3v) is 4.80. The first-order valence-electron chi connectivity index (χ1n) is 8.45. The van der Waals surface area contributed by atoms with Crippen LogP contribution in [0.1, 0.15) is 33.4 Å². The van der Waals surface area contributed by atoms with E-state index in [1.807, 2.05) is 61.2 Å². The molecule has 0 spiro atoms. The topological polar surface area (TPSA) is 61.9 Å². The van der Waals surface area contributed by atoms with E-state index in [9.17, 15) is 4.79 Å². The number of rotatable bonds is 3. The summed E-state index contributed by atoms with van der Waals surface area (Å²) < 4.78 is 0. The zero-order valence-corrected chi connectivity index (χ0v) is 14.4. The largest absolute Gasteiger partial charge is 0.337 e. The number of aryl methyl sites for hydroxylation is 2. The van der Waals surface area contributed by atoms with Crippen molar-refractivity contribution in [2.75, 3.05) is 13.1 Å². The molecular weight excluding hydrogens is 312 g/mol. The first-order chi connectivity index (χ1) is 12.1. The normalized spacial score (nSPS) is 14.4. The fraction of sp³-hybridized carbons (Fsp3) is 0.250. The van der Waals surface area contributed by atoms with Crippen LogP contribution < -0.4 is 0 Å². The number of pyridine rings is 1. The van der Waals surface area contributed by atoms with Gasteiger partial charge in [-0.25, -0.2) is 0 Å². The van der Waals surface area contributed by atoms with Crippen LogP contribution in [0.15, 0.2) is 48.7 Å². The molecule has 3 heterocycles. The molecule has 126 valence electrons. The number of carbonyl (C=O) groups is 1. The van der Waals surface area contributed by atoms with Crippen molar-refractivity contribution < 1.29 is 4.79 Å². The van der Waals surface area contributed by atoms with Crippen LogP contribution >= 0.6 is 0 Å². The predicted octanol–water partition coefficient (Wildman–Crippen LogP) is 3.33. The Kier molecular flexibility index (Phi) is 3.84. The molecule has 2 aromatic heterocycles. The maximum atomic E-state index is 12.8. The SMILES string of the molecule is Cc1n[nH]c(C)c1-c1cccc(C(=O)N2CC(c3ccccn3)C2)c1. The second-order valence-corrected chi connectivity index (χ2v) is 6.55. The van der Waals surface area contributed by atoms with Gasteiger partial charge in [-0.1, -0.05) is 18.2 Å². The van der Waals surface area contributed by atoms with Crippen LogP contribution in [0.3, 0.4) is 0 Å². The first kappa shape index (κ1) is 15.6. The molecule has 0 atom stereocenters. The molecule has 1 fully saturated rings. The Morgan fingerprint density at radius 3 is 2.68 bits per heavy atom.